The standard InChI is InChI=1S/C12H14N2O2/c1-16-11(9-5-3-2-4-6-9)12-13-7-10(8-15)14-12/h2-7,11,15H,8H2,1H3,(H,13,14). The summed E-state index contributed by atoms with van der Waals surface area (Å²) in [6.45, 7) is -0.0434. The van der Waals surface area contributed by atoms with Gasteiger partial charge in [-0.1, -0.05) is 30.3 Å². The van der Waals surface area contributed by atoms with E-state index in [0.29, 0.717) is 11.5 Å². The molecule has 0 bridgehead atoms. The molecule has 1 atom stereocenters. The molecule has 4 nitrogen and oxygen atoms in total. The summed E-state index contributed by atoms with van der Waals surface area (Å²) in [4.78, 5) is 7.22. The van der Waals surface area contributed by atoms with Crippen molar-refractivity contribution in [1.82, 2.24) is 9.97 Å². The van der Waals surface area contributed by atoms with Crippen molar-refractivity contribution in [2.45, 2.75) is 12.7 Å². The molecule has 2 rings (SSSR count). The molecular formula is C12H14N2O2. The number of H-pyrrole nitrogens is 1. The summed E-state index contributed by atoms with van der Waals surface area (Å²) >= 11 is 0. The first-order chi connectivity index (χ1) is 7.85. The van der Waals surface area contributed by atoms with Crippen molar-refractivity contribution in [3.8, 4) is 0 Å². The molecule has 0 fully saturated rings. The van der Waals surface area contributed by atoms with E-state index in [4.69, 9.17) is 9.84 Å². The number of imidazole rings is 1. The lowest BCUT2D eigenvalue weighted by molar-refractivity contribution is 0.129. The van der Waals surface area contributed by atoms with E-state index in [0.717, 1.165) is 5.56 Å². The Kier molecular flexibility index (Phi) is 3.34. The van der Waals surface area contributed by atoms with Crippen LogP contribution in [0.4, 0.5) is 0 Å². The lowest BCUT2D eigenvalue weighted by atomic mass is 10.1. The van der Waals surface area contributed by atoms with Crippen LogP contribution < -0.4 is 0 Å². The molecule has 0 aliphatic rings. The number of nitrogens with zero attached hydrogens (tertiary/aromatic N) is 1. The number of benzene rings is 1. The van der Waals surface area contributed by atoms with Crippen LogP contribution in [0.3, 0.4) is 0 Å². The van der Waals surface area contributed by atoms with Gasteiger partial charge in [-0.05, 0) is 5.56 Å². The fourth-order valence-corrected chi connectivity index (χ4v) is 1.62. The minimum Gasteiger partial charge on any atom is -0.390 e. The Morgan fingerprint density at radius 1 is 1.38 bits per heavy atom. The maximum atomic E-state index is 8.96. The second-order valence-electron chi connectivity index (χ2n) is 3.48. The second-order valence-corrected chi connectivity index (χ2v) is 3.48. The van der Waals surface area contributed by atoms with Crippen LogP contribution >= 0.6 is 0 Å². The number of aromatic amines is 1. The van der Waals surface area contributed by atoms with Crippen molar-refractivity contribution in [1.29, 1.82) is 0 Å². The quantitative estimate of drug-likeness (QED) is 0.820. The summed E-state index contributed by atoms with van der Waals surface area (Å²) in [7, 11) is 1.64. The van der Waals surface area contributed by atoms with Gasteiger partial charge in [0.25, 0.3) is 0 Å². The van der Waals surface area contributed by atoms with Crippen LogP contribution in [-0.2, 0) is 11.3 Å². The van der Waals surface area contributed by atoms with Crippen LogP contribution in [0.25, 0.3) is 0 Å². The van der Waals surface area contributed by atoms with Crippen LogP contribution in [-0.4, -0.2) is 22.2 Å². The Morgan fingerprint density at radius 2 is 2.12 bits per heavy atom. The Morgan fingerprint density at radius 3 is 2.69 bits per heavy atom. The first kappa shape index (κ1) is 10.9. The van der Waals surface area contributed by atoms with Gasteiger partial charge < -0.3 is 14.8 Å². The summed E-state index contributed by atoms with van der Waals surface area (Å²) in [6.07, 6.45) is 1.39. The van der Waals surface area contributed by atoms with Gasteiger partial charge in [0.05, 0.1) is 18.5 Å². The second kappa shape index (κ2) is 4.92. The molecule has 0 radical (unpaired) electrons. The van der Waals surface area contributed by atoms with Crippen LogP contribution in [0, 0.1) is 0 Å². The number of aromatic nitrogens is 2. The lowest BCUT2D eigenvalue weighted by Gasteiger charge is -2.12. The third-order valence-corrected chi connectivity index (χ3v) is 2.40. The van der Waals surface area contributed by atoms with Gasteiger partial charge in [0.2, 0.25) is 0 Å². The highest BCUT2D eigenvalue weighted by molar-refractivity contribution is 5.23. The molecule has 2 aromatic rings. The summed E-state index contributed by atoms with van der Waals surface area (Å²) in [5.74, 6) is 0.706. The minimum atomic E-state index is -0.221. The Bertz CT molecular complexity index is 439. The molecule has 0 aliphatic carbocycles. The number of methoxy groups -OCH3 is 1. The van der Waals surface area contributed by atoms with E-state index in [1.807, 2.05) is 30.3 Å². The van der Waals surface area contributed by atoms with Crippen molar-refractivity contribution in [3.63, 3.8) is 0 Å². The highest BCUT2D eigenvalue weighted by Gasteiger charge is 2.15. The van der Waals surface area contributed by atoms with E-state index >= 15 is 0 Å². The number of hydrogen-bond donors (Lipinski definition) is 2. The van der Waals surface area contributed by atoms with E-state index in [-0.39, 0.29) is 12.7 Å². The van der Waals surface area contributed by atoms with Gasteiger partial charge in [-0.25, -0.2) is 4.98 Å². The highest BCUT2D eigenvalue weighted by atomic mass is 16.5. The van der Waals surface area contributed by atoms with Crippen molar-refractivity contribution in [3.05, 3.63) is 53.6 Å². The van der Waals surface area contributed by atoms with E-state index in [2.05, 4.69) is 9.97 Å². The summed E-state index contributed by atoms with van der Waals surface area (Å²) in [6, 6.07) is 9.83. The van der Waals surface area contributed by atoms with E-state index in [1.165, 1.54) is 0 Å². The molecular weight excluding hydrogens is 204 g/mol. The fraction of sp³-hybridized carbons (Fsp3) is 0.250. The number of aliphatic hydroxyl groups excluding tert-OH is 1. The van der Waals surface area contributed by atoms with E-state index in [9.17, 15) is 0 Å². The van der Waals surface area contributed by atoms with Crippen LogP contribution in [0.1, 0.15) is 23.2 Å². The van der Waals surface area contributed by atoms with Crippen LogP contribution in [0.2, 0.25) is 0 Å². The molecule has 1 aromatic carbocycles. The summed E-state index contributed by atoms with van der Waals surface area (Å²) in [5, 5.41) is 8.96. The third kappa shape index (κ3) is 2.13. The maximum absolute atomic E-state index is 8.96. The zero-order chi connectivity index (χ0) is 11.4. The molecule has 1 unspecified atom stereocenters. The Hall–Kier alpha value is -1.65. The average Bonchev–Trinajstić information content (AvgIpc) is 2.80. The normalized spacial score (nSPS) is 12.6. The zero-order valence-corrected chi connectivity index (χ0v) is 9.05. The van der Waals surface area contributed by atoms with Crippen molar-refractivity contribution >= 4 is 0 Å². The molecule has 1 aromatic heterocycles. The Balaban J connectivity index is 2.29. The van der Waals surface area contributed by atoms with Gasteiger partial charge in [-0.2, -0.15) is 0 Å². The molecule has 2 N–H and O–H groups in total. The predicted octanol–water partition coefficient (Wildman–Crippen LogP) is 1.64. The third-order valence-electron chi connectivity index (χ3n) is 2.40. The lowest BCUT2D eigenvalue weighted by Crippen LogP contribution is -2.05. The van der Waals surface area contributed by atoms with Gasteiger partial charge in [-0.15, -0.1) is 0 Å². The molecule has 0 amide bonds. The van der Waals surface area contributed by atoms with E-state index in [1.54, 1.807) is 13.3 Å². The average molecular weight is 218 g/mol. The first-order valence-electron chi connectivity index (χ1n) is 5.07. The van der Waals surface area contributed by atoms with E-state index < -0.39 is 0 Å². The van der Waals surface area contributed by atoms with Crippen LogP contribution in [0.5, 0.6) is 0 Å². The molecule has 0 saturated carbocycles. The molecule has 4 heteroatoms. The van der Waals surface area contributed by atoms with Gasteiger partial charge in [0, 0.05) is 7.11 Å². The molecule has 0 spiro atoms. The molecule has 0 saturated heterocycles. The van der Waals surface area contributed by atoms with Gasteiger partial charge in [-0.3, -0.25) is 0 Å². The monoisotopic (exact) mass is 218 g/mol. The SMILES string of the molecule is COC(c1ccccc1)c1ncc(CO)[nH]1. The van der Waals surface area contributed by atoms with Crippen molar-refractivity contribution in [2.24, 2.45) is 0 Å². The van der Waals surface area contributed by atoms with Crippen molar-refractivity contribution < 1.29 is 9.84 Å². The number of aliphatic hydroxyl groups is 1. The number of rotatable bonds is 4. The molecule has 1 heterocycles. The van der Waals surface area contributed by atoms with Gasteiger partial charge in [0.15, 0.2) is 0 Å². The van der Waals surface area contributed by atoms with Gasteiger partial charge in [0.1, 0.15) is 11.9 Å². The largest absolute Gasteiger partial charge is 0.390 e. The predicted molar refractivity (Wildman–Crippen MR) is 59.8 cm³/mol. The summed E-state index contributed by atoms with van der Waals surface area (Å²) < 4.78 is 5.40. The molecule has 16 heavy (non-hydrogen) atoms. The highest BCUT2D eigenvalue weighted by Crippen LogP contribution is 2.22. The van der Waals surface area contributed by atoms with Crippen molar-refractivity contribution in [2.75, 3.05) is 7.11 Å². The number of hydrogen-bond acceptors (Lipinski definition) is 3. The van der Waals surface area contributed by atoms with Crippen LogP contribution in [0.15, 0.2) is 36.5 Å². The maximum Gasteiger partial charge on any atom is 0.140 e. The summed E-state index contributed by atoms with van der Waals surface area (Å²) in [5.41, 5.74) is 1.72. The van der Waals surface area contributed by atoms with Gasteiger partial charge >= 0.3 is 0 Å². The fourth-order valence-electron chi connectivity index (χ4n) is 1.62. The Labute approximate surface area is 93.9 Å². The molecule has 84 valence electrons. The number of nitrogens with one attached hydrogen (secondary N) is 1. The topological polar surface area (TPSA) is 58.1 Å². The first-order valence-corrected chi connectivity index (χ1v) is 5.07. The zero-order valence-electron chi connectivity index (χ0n) is 9.05. The minimum absolute atomic E-state index is 0.0434. The number of ether oxygens (including phenoxy) is 1. The smallest absolute Gasteiger partial charge is 0.140 e. The molecule has 0 aliphatic heterocycles.